The van der Waals surface area contributed by atoms with Gasteiger partial charge < -0.3 is 20.1 Å². The fourth-order valence-corrected chi connectivity index (χ4v) is 2.38. The second-order valence-corrected chi connectivity index (χ2v) is 5.63. The molecule has 2 rings (SSSR count). The van der Waals surface area contributed by atoms with E-state index in [0.29, 0.717) is 0 Å². The molecule has 0 unspecified atom stereocenters. The Morgan fingerprint density at radius 1 is 1.07 bits per heavy atom. The number of benzene rings is 2. The number of nitrogens with one attached hydrogen (secondary N) is 2. The first-order valence-electron chi connectivity index (χ1n) is 8.16. The maximum atomic E-state index is 12.3. The van der Waals surface area contributed by atoms with Crippen LogP contribution in [0, 0.1) is 0 Å². The van der Waals surface area contributed by atoms with Gasteiger partial charge in [0.05, 0.1) is 19.7 Å². The minimum atomic E-state index is -3.01. The van der Waals surface area contributed by atoms with Crippen LogP contribution in [0.15, 0.2) is 48.5 Å². The van der Waals surface area contributed by atoms with Crippen molar-refractivity contribution in [3.05, 3.63) is 59.7 Å². The lowest BCUT2D eigenvalue weighted by atomic mass is 10.1. The largest absolute Gasteiger partial charge is 0.493 e. The number of alkyl halides is 2. The Hall–Kier alpha value is -3.16. The first-order valence-corrected chi connectivity index (χ1v) is 8.16. The van der Waals surface area contributed by atoms with E-state index in [2.05, 4.69) is 15.4 Å². The van der Waals surface area contributed by atoms with Crippen molar-refractivity contribution in [1.29, 1.82) is 0 Å². The first kappa shape index (κ1) is 20.2. The number of rotatable bonds is 8. The molecule has 0 saturated heterocycles. The maximum absolute atomic E-state index is 12.3. The van der Waals surface area contributed by atoms with E-state index in [0.717, 1.165) is 5.56 Å². The molecule has 8 heteroatoms. The number of ether oxygens (including phenoxy) is 2. The molecule has 0 bridgehead atoms. The third kappa shape index (κ3) is 5.95. The molecule has 6 nitrogen and oxygen atoms in total. The summed E-state index contributed by atoms with van der Waals surface area (Å²) in [5.41, 5.74) is 1.09. The molecule has 0 aromatic heterocycles. The van der Waals surface area contributed by atoms with E-state index in [1.54, 1.807) is 0 Å². The predicted octanol–water partition coefficient (Wildman–Crippen LogP) is 2.90. The smallest absolute Gasteiger partial charge is 0.387 e. The van der Waals surface area contributed by atoms with Crippen LogP contribution < -0.4 is 20.1 Å². The average molecular weight is 378 g/mol. The van der Waals surface area contributed by atoms with Crippen LogP contribution in [0.3, 0.4) is 0 Å². The number of carbonyl (C=O) groups is 2. The molecule has 2 amide bonds. The Balaban J connectivity index is 1.92. The van der Waals surface area contributed by atoms with Gasteiger partial charge in [-0.25, -0.2) is 0 Å². The molecular formula is C19H20F2N2O4. The van der Waals surface area contributed by atoms with Gasteiger partial charge in [0.2, 0.25) is 5.91 Å². The Morgan fingerprint density at radius 3 is 2.41 bits per heavy atom. The van der Waals surface area contributed by atoms with E-state index in [9.17, 15) is 18.4 Å². The van der Waals surface area contributed by atoms with E-state index in [1.165, 1.54) is 25.3 Å². The van der Waals surface area contributed by atoms with Crippen LogP contribution in [-0.4, -0.2) is 32.1 Å². The molecule has 27 heavy (non-hydrogen) atoms. The lowest BCUT2D eigenvalue weighted by molar-refractivity contribution is -0.120. The fourth-order valence-electron chi connectivity index (χ4n) is 2.38. The molecule has 0 heterocycles. The Labute approximate surface area is 155 Å². The lowest BCUT2D eigenvalue weighted by Crippen LogP contribution is -2.38. The third-order valence-electron chi connectivity index (χ3n) is 3.73. The second-order valence-electron chi connectivity index (χ2n) is 5.63. The van der Waals surface area contributed by atoms with Gasteiger partial charge in [0.15, 0.2) is 11.5 Å². The number of halogens is 2. The second kappa shape index (κ2) is 9.51. The average Bonchev–Trinajstić information content (AvgIpc) is 2.66. The topological polar surface area (TPSA) is 76.7 Å². The van der Waals surface area contributed by atoms with Gasteiger partial charge in [0, 0.05) is 5.56 Å². The molecule has 0 fully saturated rings. The highest BCUT2D eigenvalue weighted by Gasteiger charge is 2.15. The minimum Gasteiger partial charge on any atom is -0.493 e. The quantitative estimate of drug-likeness (QED) is 0.741. The molecule has 0 radical (unpaired) electrons. The van der Waals surface area contributed by atoms with Crippen molar-refractivity contribution in [3.63, 3.8) is 0 Å². The number of hydrogen-bond acceptors (Lipinski definition) is 4. The molecule has 144 valence electrons. The molecule has 0 saturated carbocycles. The van der Waals surface area contributed by atoms with Crippen molar-refractivity contribution in [1.82, 2.24) is 10.6 Å². The summed E-state index contributed by atoms with van der Waals surface area (Å²) < 4.78 is 33.9. The summed E-state index contributed by atoms with van der Waals surface area (Å²) in [6.07, 6.45) is 0. The van der Waals surface area contributed by atoms with E-state index < -0.39 is 12.5 Å². The Bertz CT molecular complexity index is 785. The van der Waals surface area contributed by atoms with E-state index in [4.69, 9.17) is 4.74 Å². The number of hydrogen-bond donors (Lipinski definition) is 2. The molecule has 1 atom stereocenters. The van der Waals surface area contributed by atoms with E-state index in [-0.39, 0.29) is 35.6 Å². The monoisotopic (exact) mass is 378 g/mol. The van der Waals surface area contributed by atoms with Crippen LogP contribution in [0.4, 0.5) is 8.78 Å². The zero-order valence-electron chi connectivity index (χ0n) is 14.9. The van der Waals surface area contributed by atoms with E-state index >= 15 is 0 Å². The molecule has 0 spiro atoms. The SMILES string of the molecule is COc1cc(C(=O)NCC(=O)N[C@@H](C)c2ccccc2)ccc1OC(F)F. The van der Waals surface area contributed by atoms with Crippen LogP contribution in [0.5, 0.6) is 11.5 Å². The van der Waals surface area contributed by atoms with Gasteiger partial charge in [-0.1, -0.05) is 30.3 Å². The Morgan fingerprint density at radius 2 is 1.78 bits per heavy atom. The van der Waals surface area contributed by atoms with Crippen LogP contribution >= 0.6 is 0 Å². The van der Waals surface area contributed by atoms with Gasteiger partial charge in [-0.3, -0.25) is 9.59 Å². The third-order valence-corrected chi connectivity index (χ3v) is 3.73. The van der Waals surface area contributed by atoms with Gasteiger partial charge in [0.1, 0.15) is 0 Å². The normalized spacial score (nSPS) is 11.6. The summed E-state index contributed by atoms with van der Waals surface area (Å²) in [7, 11) is 1.27. The zero-order valence-corrected chi connectivity index (χ0v) is 14.9. The van der Waals surface area contributed by atoms with Gasteiger partial charge in [-0.2, -0.15) is 8.78 Å². The van der Waals surface area contributed by atoms with Gasteiger partial charge in [-0.15, -0.1) is 0 Å². The zero-order chi connectivity index (χ0) is 19.8. The Kier molecular flexibility index (Phi) is 7.10. The highest BCUT2D eigenvalue weighted by atomic mass is 19.3. The summed E-state index contributed by atoms with van der Waals surface area (Å²) in [5.74, 6) is -1.09. The van der Waals surface area contributed by atoms with Crippen LogP contribution in [0.2, 0.25) is 0 Å². The van der Waals surface area contributed by atoms with Crippen molar-refractivity contribution in [2.45, 2.75) is 19.6 Å². The molecule has 2 N–H and O–H groups in total. The summed E-state index contributed by atoms with van der Waals surface area (Å²) in [4.78, 5) is 24.2. The van der Waals surface area contributed by atoms with Crippen LogP contribution in [0.25, 0.3) is 0 Å². The number of amides is 2. The molecule has 0 aliphatic heterocycles. The van der Waals surface area contributed by atoms with Crippen molar-refractivity contribution in [2.75, 3.05) is 13.7 Å². The van der Waals surface area contributed by atoms with Crippen molar-refractivity contribution >= 4 is 11.8 Å². The molecule has 0 aliphatic carbocycles. The summed E-state index contributed by atoms with van der Waals surface area (Å²) in [5, 5.41) is 5.25. The summed E-state index contributed by atoms with van der Waals surface area (Å²) in [6, 6.07) is 13.0. The predicted molar refractivity (Wildman–Crippen MR) is 95.0 cm³/mol. The van der Waals surface area contributed by atoms with Gasteiger partial charge >= 0.3 is 6.61 Å². The maximum Gasteiger partial charge on any atom is 0.387 e. The fraction of sp³-hybridized carbons (Fsp3) is 0.263. The molecule has 2 aromatic carbocycles. The minimum absolute atomic E-state index is 0.00917. The lowest BCUT2D eigenvalue weighted by Gasteiger charge is -2.15. The molecular weight excluding hydrogens is 358 g/mol. The van der Waals surface area contributed by atoms with Gasteiger partial charge in [0.25, 0.3) is 5.91 Å². The number of methoxy groups -OCH3 is 1. The van der Waals surface area contributed by atoms with Crippen LogP contribution in [0.1, 0.15) is 28.9 Å². The highest BCUT2D eigenvalue weighted by Crippen LogP contribution is 2.29. The first-order chi connectivity index (χ1) is 12.9. The molecule has 2 aromatic rings. The van der Waals surface area contributed by atoms with Crippen molar-refractivity contribution < 1.29 is 27.8 Å². The van der Waals surface area contributed by atoms with Crippen LogP contribution in [-0.2, 0) is 4.79 Å². The summed E-state index contributed by atoms with van der Waals surface area (Å²) in [6.45, 7) is -1.40. The van der Waals surface area contributed by atoms with Crippen molar-refractivity contribution in [2.24, 2.45) is 0 Å². The van der Waals surface area contributed by atoms with Crippen molar-refractivity contribution in [3.8, 4) is 11.5 Å². The number of carbonyl (C=O) groups excluding carboxylic acids is 2. The summed E-state index contributed by atoms with van der Waals surface area (Å²) >= 11 is 0. The van der Waals surface area contributed by atoms with E-state index in [1.807, 2.05) is 37.3 Å². The standard InChI is InChI=1S/C19H20F2N2O4/c1-12(13-6-4-3-5-7-13)23-17(24)11-22-18(25)14-8-9-15(27-19(20)21)16(10-14)26-2/h3-10,12,19H,11H2,1-2H3,(H,22,25)(H,23,24)/t12-/m0/s1. The highest BCUT2D eigenvalue weighted by molar-refractivity contribution is 5.97. The molecule has 0 aliphatic rings. The van der Waals surface area contributed by atoms with Gasteiger partial charge in [-0.05, 0) is 30.7 Å².